The van der Waals surface area contributed by atoms with Gasteiger partial charge in [0.1, 0.15) is 0 Å². The lowest BCUT2D eigenvalue weighted by Gasteiger charge is -2.24. The molecule has 0 aromatic rings. The van der Waals surface area contributed by atoms with Crippen LogP contribution in [0.3, 0.4) is 0 Å². The molecule has 3 nitrogen and oxygen atoms in total. The second kappa shape index (κ2) is 6.38. The molecular weight excluding hydrogens is 178 g/mol. The van der Waals surface area contributed by atoms with Crippen LogP contribution >= 0.6 is 0 Å². The Morgan fingerprint density at radius 3 is 2.79 bits per heavy atom. The van der Waals surface area contributed by atoms with Crippen LogP contribution in [0, 0.1) is 0 Å². The van der Waals surface area contributed by atoms with Gasteiger partial charge in [0.2, 0.25) is 0 Å². The third-order valence-electron chi connectivity index (χ3n) is 2.93. The van der Waals surface area contributed by atoms with Crippen molar-refractivity contribution in [2.75, 3.05) is 13.2 Å². The molecule has 1 heterocycles. The minimum absolute atomic E-state index is 0.179. The van der Waals surface area contributed by atoms with E-state index in [4.69, 9.17) is 4.74 Å². The van der Waals surface area contributed by atoms with Crippen molar-refractivity contribution < 1.29 is 9.84 Å². The van der Waals surface area contributed by atoms with Gasteiger partial charge in [0.05, 0.1) is 12.2 Å². The molecule has 84 valence electrons. The third-order valence-corrected chi connectivity index (χ3v) is 2.93. The molecule has 1 aliphatic rings. The molecule has 0 amide bonds. The van der Waals surface area contributed by atoms with Gasteiger partial charge in [-0.25, -0.2) is 0 Å². The lowest BCUT2D eigenvalue weighted by atomic mass is 10.1. The predicted octanol–water partition coefficient (Wildman–Crippen LogP) is 1.30. The van der Waals surface area contributed by atoms with Crippen LogP contribution in [0.1, 0.15) is 39.5 Å². The van der Waals surface area contributed by atoms with Gasteiger partial charge in [0.25, 0.3) is 0 Å². The van der Waals surface area contributed by atoms with Crippen LogP contribution in [0.4, 0.5) is 0 Å². The van der Waals surface area contributed by atoms with E-state index in [1.54, 1.807) is 0 Å². The summed E-state index contributed by atoms with van der Waals surface area (Å²) in [5, 5.41) is 12.6. The van der Waals surface area contributed by atoms with Gasteiger partial charge in [-0.1, -0.05) is 0 Å². The van der Waals surface area contributed by atoms with Crippen LogP contribution in [0.15, 0.2) is 0 Å². The predicted molar refractivity (Wildman–Crippen MR) is 57.4 cm³/mol. The molecule has 1 saturated heterocycles. The topological polar surface area (TPSA) is 41.5 Å². The molecule has 3 unspecified atom stereocenters. The summed E-state index contributed by atoms with van der Waals surface area (Å²) in [4.78, 5) is 0. The molecule has 2 N–H and O–H groups in total. The molecule has 0 bridgehead atoms. The molecule has 0 aliphatic carbocycles. The van der Waals surface area contributed by atoms with Crippen LogP contribution in [-0.4, -0.2) is 36.5 Å². The number of aliphatic hydroxyl groups is 1. The molecule has 14 heavy (non-hydrogen) atoms. The van der Waals surface area contributed by atoms with E-state index >= 15 is 0 Å². The fourth-order valence-electron chi connectivity index (χ4n) is 1.68. The van der Waals surface area contributed by atoms with E-state index in [0.29, 0.717) is 6.10 Å². The number of hydrogen-bond donors (Lipinski definition) is 2. The van der Waals surface area contributed by atoms with Crippen molar-refractivity contribution in [2.24, 2.45) is 0 Å². The van der Waals surface area contributed by atoms with Gasteiger partial charge < -0.3 is 15.2 Å². The normalized spacial score (nSPS) is 27.2. The van der Waals surface area contributed by atoms with Gasteiger partial charge in [-0.05, 0) is 46.1 Å². The van der Waals surface area contributed by atoms with Crippen molar-refractivity contribution in [3.63, 3.8) is 0 Å². The van der Waals surface area contributed by atoms with Gasteiger partial charge in [0, 0.05) is 12.6 Å². The summed E-state index contributed by atoms with van der Waals surface area (Å²) >= 11 is 0. The van der Waals surface area contributed by atoms with Crippen LogP contribution < -0.4 is 5.32 Å². The first-order chi connectivity index (χ1) is 6.70. The molecule has 0 aromatic heterocycles. The number of ether oxygens (including phenoxy) is 1. The van der Waals surface area contributed by atoms with E-state index in [2.05, 4.69) is 5.32 Å². The summed E-state index contributed by atoms with van der Waals surface area (Å²) in [6.07, 6.45) is 4.95. The van der Waals surface area contributed by atoms with E-state index in [1.807, 2.05) is 13.8 Å². The Morgan fingerprint density at radius 1 is 1.43 bits per heavy atom. The Morgan fingerprint density at radius 2 is 2.21 bits per heavy atom. The second-order valence-electron chi connectivity index (χ2n) is 4.26. The maximum atomic E-state index is 9.26. The molecule has 1 rings (SSSR count). The maximum absolute atomic E-state index is 9.26. The fourth-order valence-corrected chi connectivity index (χ4v) is 1.68. The highest BCUT2D eigenvalue weighted by atomic mass is 16.5. The molecule has 1 aliphatic heterocycles. The average molecular weight is 201 g/mol. The average Bonchev–Trinajstić information content (AvgIpc) is 2.19. The zero-order chi connectivity index (χ0) is 10.4. The van der Waals surface area contributed by atoms with Gasteiger partial charge in [0.15, 0.2) is 0 Å². The van der Waals surface area contributed by atoms with Gasteiger partial charge in [-0.2, -0.15) is 0 Å². The summed E-state index contributed by atoms with van der Waals surface area (Å²) in [5.74, 6) is 0. The van der Waals surface area contributed by atoms with E-state index in [-0.39, 0.29) is 12.1 Å². The largest absolute Gasteiger partial charge is 0.392 e. The SMILES string of the molecule is CC(O)C(C)NCCC1CCCCO1. The van der Waals surface area contributed by atoms with Crippen LogP contribution in [-0.2, 0) is 4.74 Å². The first-order valence-electron chi connectivity index (χ1n) is 5.73. The standard InChI is InChI=1S/C11H23NO2/c1-9(10(2)13)12-7-6-11-5-3-4-8-14-11/h9-13H,3-8H2,1-2H3. The van der Waals surface area contributed by atoms with Crippen molar-refractivity contribution in [1.29, 1.82) is 0 Å². The highest BCUT2D eigenvalue weighted by molar-refractivity contribution is 4.69. The summed E-state index contributed by atoms with van der Waals surface area (Å²) in [6, 6.07) is 0.179. The van der Waals surface area contributed by atoms with Crippen molar-refractivity contribution in [2.45, 2.75) is 57.8 Å². The zero-order valence-electron chi connectivity index (χ0n) is 9.33. The van der Waals surface area contributed by atoms with Crippen LogP contribution in [0.5, 0.6) is 0 Å². The van der Waals surface area contributed by atoms with E-state index in [9.17, 15) is 5.11 Å². The first kappa shape index (κ1) is 12.0. The monoisotopic (exact) mass is 201 g/mol. The number of nitrogens with one attached hydrogen (secondary N) is 1. The molecule has 1 fully saturated rings. The second-order valence-corrected chi connectivity index (χ2v) is 4.26. The molecule has 0 aromatic carbocycles. The molecule has 3 atom stereocenters. The Balaban J connectivity index is 2.02. The van der Waals surface area contributed by atoms with Crippen LogP contribution in [0.25, 0.3) is 0 Å². The Kier molecular flexibility index (Phi) is 5.45. The Hall–Kier alpha value is -0.120. The quantitative estimate of drug-likeness (QED) is 0.704. The fraction of sp³-hybridized carbons (Fsp3) is 1.00. The van der Waals surface area contributed by atoms with E-state index < -0.39 is 0 Å². The summed E-state index contributed by atoms with van der Waals surface area (Å²) < 4.78 is 5.62. The third kappa shape index (κ3) is 4.40. The molecular formula is C11H23NO2. The highest BCUT2D eigenvalue weighted by Crippen LogP contribution is 2.14. The Bertz CT molecular complexity index is 144. The molecule has 0 spiro atoms. The summed E-state index contributed by atoms with van der Waals surface area (Å²) in [7, 11) is 0. The van der Waals surface area contributed by atoms with Gasteiger partial charge >= 0.3 is 0 Å². The minimum atomic E-state index is -0.276. The van der Waals surface area contributed by atoms with Crippen molar-refractivity contribution in [3.05, 3.63) is 0 Å². The first-order valence-corrected chi connectivity index (χ1v) is 5.73. The minimum Gasteiger partial charge on any atom is -0.392 e. The smallest absolute Gasteiger partial charge is 0.0662 e. The number of hydrogen-bond acceptors (Lipinski definition) is 3. The zero-order valence-corrected chi connectivity index (χ0v) is 9.33. The van der Waals surface area contributed by atoms with Crippen molar-refractivity contribution in [1.82, 2.24) is 5.32 Å². The highest BCUT2D eigenvalue weighted by Gasteiger charge is 2.14. The van der Waals surface area contributed by atoms with Crippen LogP contribution in [0.2, 0.25) is 0 Å². The summed E-state index contributed by atoms with van der Waals surface area (Å²) in [5.41, 5.74) is 0. The van der Waals surface area contributed by atoms with Crippen molar-refractivity contribution in [3.8, 4) is 0 Å². The van der Waals surface area contributed by atoms with E-state index in [0.717, 1.165) is 19.6 Å². The van der Waals surface area contributed by atoms with Gasteiger partial charge in [-0.15, -0.1) is 0 Å². The summed E-state index contributed by atoms with van der Waals surface area (Å²) in [6.45, 7) is 5.69. The van der Waals surface area contributed by atoms with Gasteiger partial charge in [-0.3, -0.25) is 0 Å². The molecule has 3 heteroatoms. The number of aliphatic hydroxyl groups excluding tert-OH is 1. The Labute approximate surface area is 86.8 Å². The molecule has 0 radical (unpaired) electrons. The van der Waals surface area contributed by atoms with Crippen molar-refractivity contribution >= 4 is 0 Å². The maximum Gasteiger partial charge on any atom is 0.0662 e. The number of rotatable bonds is 5. The lowest BCUT2D eigenvalue weighted by molar-refractivity contribution is 0.0105. The lowest BCUT2D eigenvalue weighted by Crippen LogP contribution is -2.37. The van der Waals surface area contributed by atoms with E-state index in [1.165, 1.54) is 19.3 Å². The molecule has 0 saturated carbocycles.